The number of nitrogens with two attached hydrogens (primary N) is 1. The zero-order valence-electron chi connectivity index (χ0n) is 12.8. The minimum absolute atomic E-state index is 0.0819. The number of hydrogen-bond donors (Lipinski definition) is 3. The quantitative estimate of drug-likeness (QED) is 0.502. The summed E-state index contributed by atoms with van der Waals surface area (Å²) in [5.74, 6) is 5.97. The van der Waals surface area contributed by atoms with Crippen LogP contribution in [0.25, 0.3) is 10.9 Å². The van der Waals surface area contributed by atoms with Crippen LogP contribution in [0.3, 0.4) is 0 Å². The maximum atomic E-state index is 10.2. The minimum atomic E-state index is 0.0819. The van der Waals surface area contributed by atoms with Crippen LogP contribution < -0.4 is 5.73 Å². The average molecular weight is 303 g/mol. The molecule has 114 valence electrons. The Bertz CT molecular complexity index is 942. The molecular formula is C19H17N3O. The van der Waals surface area contributed by atoms with Gasteiger partial charge in [0.2, 0.25) is 0 Å². The van der Waals surface area contributed by atoms with E-state index in [0.29, 0.717) is 12.1 Å². The highest BCUT2D eigenvalue weighted by molar-refractivity contribution is 6.05. The molecule has 0 fully saturated rings. The fourth-order valence-electron chi connectivity index (χ4n) is 2.48. The van der Waals surface area contributed by atoms with Gasteiger partial charge in [-0.25, -0.2) is 0 Å². The smallest absolute Gasteiger partial charge is 0.198 e. The maximum absolute atomic E-state index is 10.2. The van der Waals surface area contributed by atoms with Crippen LogP contribution >= 0.6 is 0 Å². The summed E-state index contributed by atoms with van der Waals surface area (Å²) in [6.07, 6.45) is 1.66. The van der Waals surface area contributed by atoms with Gasteiger partial charge in [-0.3, -0.25) is 4.99 Å². The highest BCUT2D eigenvalue weighted by Gasteiger charge is 2.11. The topological polar surface area (TPSA) is 74.4 Å². The van der Waals surface area contributed by atoms with Crippen LogP contribution in [0.4, 0.5) is 5.69 Å². The predicted molar refractivity (Wildman–Crippen MR) is 94.3 cm³/mol. The average Bonchev–Trinajstić information content (AvgIpc) is 2.87. The number of fused-ring (bicyclic) bond motifs is 1. The third-order valence-electron chi connectivity index (χ3n) is 3.51. The van der Waals surface area contributed by atoms with Gasteiger partial charge < -0.3 is 15.8 Å². The standard InChI is InChI=1S/C19H17N3O/c1-13-5-2-8-15(11-13)21-12-16-18-14(7-4-10-20)6-3-9-17(18)22-19(16)23/h2-3,5-6,8-9,11-12,22-23H,10,20H2,1H3. The van der Waals surface area contributed by atoms with Gasteiger partial charge in [-0.2, -0.15) is 0 Å². The van der Waals surface area contributed by atoms with E-state index in [0.717, 1.165) is 27.7 Å². The molecule has 0 aliphatic carbocycles. The van der Waals surface area contributed by atoms with E-state index < -0.39 is 0 Å². The largest absolute Gasteiger partial charge is 0.494 e. The first-order chi connectivity index (χ1) is 11.2. The molecule has 0 atom stereocenters. The molecule has 0 amide bonds. The summed E-state index contributed by atoms with van der Waals surface area (Å²) in [6.45, 7) is 2.31. The number of H-pyrrole nitrogens is 1. The Morgan fingerprint density at radius 3 is 2.87 bits per heavy atom. The second kappa shape index (κ2) is 6.39. The van der Waals surface area contributed by atoms with Crippen molar-refractivity contribution in [3.05, 3.63) is 59.2 Å². The van der Waals surface area contributed by atoms with Crippen LogP contribution in [-0.2, 0) is 0 Å². The summed E-state index contributed by atoms with van der Waals surface area (Å²) in [5, 5.41) is 11.0. The second-order valence-corrected chi connectivity index (χ2v) is 5.22. The summed E-state index contributed by atoms with van der Waals surface area (Å²) in [6, 6.07) is 13.6. The molecule has 4 N–H and O–H groups in total. The molecule has 1 aromatic heterocycles. The molecule has 0 saturated carbocycles. The van der Waals surface area contributed by atoms with E-state index in [1.165, 1.54) is 0 Å². The summed E-state index contributed by atoms with van der Waals surface area (Å²) in [4.78, 5) is 7.42. The Morgan fingerprint density at radius 1 is 1.26 bits per heavy atom. The lowest BCUT2D eigenvalue weighted by atomic mass is 10.1. The van der Waals surface area contributed by atoms with E-state index in [1.54, 1.807) is 6.21 Å². The number of nitrogens with zero attached hydrogens (tertiary/aromatic N) is 1. The molecule has 3 rings (SSSR count). The van der Waals surface area contributed by atoms with E-state index >= 15 is 0 Å². The first-order valence-corrected chi connectivity index (χ1v) is 7.32. The molecule has 23 heavy (non-hydrogen) atoms. The van der Waals surface area contributed by atoms with Gasteiger partial charge in [-0.1, -0.05) is 30.0 Å². The number of aromatic amines is 1. The van der Waals surface area contributed by atoms with Gasteiger partial charge in [-0.05, 0) is 36.8 Å². The lowest BCUT2D eigenvalue weighted by molar-refractivity contribution is 0.457. The van der Waals surface area contributed by atoms with Crippen LogP contribution in [0, 0.1) is 18.8 Å². The molecule has 0 saturated heterocycles. The fourth-order valence-corrected chi connectivity index (χ4v) is 2.48. The van der Waals surface area contributed by atoms with Crippen LogP contribution in [-0.4, -0.2) is 22.8 Å². The summed E-state index contributed by atoms with van der Waals surface area (Å²) in [5.41, 5.74) is 9.69. The molecule has 0 aliphatic heterocycles. The Morgan fingerprint density at radius 2 is 2.09 bits per heavy atom. The summed E-state index contributed by atoms with van der Waals surface area (Å²) >= 11 is 0. The van der Waals surface area contributed by atoms with Crippen molar-refractivity contribution in [2.24, 2.45) is 10.7 Å². The number of aromatic hydroxyl groups is 1. The monoisotopic (exact) mass is 303 g/mol. The summed E-state index contributed by atoms with van der Waals surface area (Å²) < 4.78 is 0. The first-order valence-electron chi connectivity index (χ1n) is 7.32. The Hall–Kier alpha value is -3.03. The maximum Gasteiger partial charge on any atom is 0.198 e. The molecule has 4 heteroatoms. The van der Waals surface area contributed by atoms with Crippen molar-refractivity contribution < 1.29 is 5.11 Å². The molecule has 0 bridgehead atoms. The van der Waals surface area contributed by atoms with Gasteiger partial charge in [0.1, 0.15) is 0 Å². The molecule has 0 unspecified atom stereocenters. The van der Waals surface area contributed by atoms with Crippen LogP contribution in [0.2, 0.25) is 0 Å². The zero-order chi connectivity index (χ0) is 16.2. The lowest BCUT2D eigenvalue weighted by Gasteiger charge is -1.98. The normalized spacial score (nSPS) is 10.9. The predicted octanol–water partition coefficient (Wildman–Crippen LogP) is 3.24. The van der Waals surface area contributed by atoms with E-state index in [-0.39, 0.29) is 5.88 Å². The van der Waals surface area contributed by atoms with Gasteiger partial charge in [0, 0.05) is 17.2 Å². The zero-order valence-corrected chi connectivity index (χ0v) is 12.8. The third-order valence-corrected chi connectivity index (χ3v) is 3.51. The lowest BCUT2D eigenvalue weighted by Crippen LogP contribution is -1.93. The number of aromatic nitrogens is 1. The molecule has 4 nitrogen and oxygen atoms in total. The minimum Gasteiger partial charge on any atom is -0.494 e. The Balaban J connectivity index is 2.11. The molecule has 2 aromatic carbocycles. The van der Waals surface area contributed by atoms with Gasteiger partial charge in [0.05, 0.1) is 23.3 Å². The number of hydrogen-bond acceptors (Lipinski definition) is 3. The highest BCUT2D eigenvalue weighted by Crippen LogP contribution is 2.29. The number of nitrogens with one attached hydrogen (secondary N) is 1. The molecule has 0 aliphatic rings. The van der Waals surface area contributed by atoms with Gasteiger partial charge >= 0.3 is 0 Å². The number of aryl methyl sites for hydroxylation is 1. The van der Waals surface area contributed by atoms with Crippen molar-refractivity contribution in [1.29, 1.82) is 0 Å². The number of aliphatic imine (C=N–C) groups is 1. The Labute approximate surface area is 134 Å². The van der Waals surface area contributed by atoms with E-state index in [9.17, 15) is 5.11 Å². The van der Waals surface area contributed by atoms with Crippen molar-refractivity contribution in [3.63, 3.8) is 0 Å². The SMILES string of the molecule is Cc1cccc(N=Cc2c(O)[nH]c3cccc(C#CCN)c23)c1. The molecule has 0 spiro atoms. The van der Waals surface area contributed by atoms with Crippen molar-refractivity contribution in [2.45, 2.75) is 6.92 Å². The first kappa shape index (κ1) is 14.9. The fraction of sp³-hybridized carbons (Fsp3) is 0.105. The van der Waals surface area contributed by atoms with Gasteiger partial charge in [0.25, 0.3) is 0 Å². The highest BCUT2D eigenvalue weighted by atomic mass is 16.3. The molecular weight excluding hydrogens is 286 g/mol. The number of benzene rings is 2. The van der Waals surface area contributed by atoms with Gasteiger partial charge in [0.15, 0.2) is 5.88 Å². The van der Waals surface area contributed by atoms with Crippen LogP contribution in [0.5, 0.6) is 5.88 Å². The second-order valence-electron chi connectivity index (χ2n) is 5.22. The van der Waals surface area contributed by atoms with Crippen molar-refractivity contribution >= 4 is 22.8 Å². The van der Waals surface area contributed by atoms with Crippen molar-refractivity contribution in [1.82, 2.24) is 4.98 Å². The molecule has 0 radical (unpaired) electrons. The van der Waals surface area contributed by atoms with Gasteiger partial charge in [-0.15, -0.1) is 0 Å². The Kier molecular flexibility index (Phi) is 4.13. The third kappa shape index (κ3) is 3.10. The number of rotatable bonds is 2. The van der Waals surface area contributed by atoms with Crippen molar-refractivity contribution in [2.75, 3.05) is 6.54 Å². The van der Waals surface area contributed by atoms with E-state index in [1.807, 2.05) is 49.4 Å². The van der Waals surface area contributed by atoms with E-state index in [4.69, 9.17) is 5.73 Å². The van der Waals surface area contributed by atoms with Crippen LogP contribution in [0.15, 0.2) is 47.5 Å². The molecule has 3 aromatic rings. The summed E-state index contributed by atoms with van der Waals surface area (Å²) in [7, 11) is 0. The van der Waals surface area contributed by atoms with Crippen LogP contribution in [0.1, 0.15) is 16.7 Å². The molecule has 1 heterocycles. The van der Waals surface area contributed by atoms with Crippen molar-refractivity contribution in [3.8, 4) is 17.7 Å². The van der Waals surface area contributed by atoms with E-state index in [2.05, 4.69) is 21.8 Å².